The first-order chi connectivity index (χ1) is 7.30. The Balaban J connectivity index is 4.33. The summed E-state index contributed by atoms with van der Waals surface area (Å²) in [5.74, 6) is 5.77. The monoisotopic (exact) mass is 257 g/mol. The van der Waals surface area contributed by atoms with Crippen LogP contribution in [0.15, 0.2) is 0 Å². The molecule has 0 aliphatic rings. The Labute approximate surface area is 104 Å². The molecule has 0 aromatic carbocycles. The smallest absolute Gasteiger partial charge is 0.322 e. The highest BCUT2D eigenvalue weighted by Crippen LogP contribution is 2.24. The Kier molecular flexibility index (Phi) is 7.24. The molecular formula is C12H25O2Si2. The molecule has 0 N–H and O–H groups in total. The van der Waals surface area contributed by atoms with E-state index in [-0.39, 0.29) is 0 Å². The van der Waals surface area contributed by atoms with Gasteiger partial charge in [-0.25, -0.2) is 0 Å². The fourth-order valence-electron chi connectivity index (χ4n) is 1.50. The second kappa shape index (κ2) is 7.28. The lowest BCUT2D eigenvalue weighted by atomic mass is 10.5. The number of hydrogen-bond donors (Lipinski definition) is 0. The third-order valence-electron chi connectivity index (χ3n) is 2.17. The van der Waals surface area contributed by atoms with Gasteiger partial charge in [-0.05, 0) is 31.1 Å². The van der Waals surface area contributed by atoms with Gasteiger partial charge < -0.3 is 8.54 Å². The zero-order valence-corrected chi connectivity index (χ0v) is 13.7. The number of hydrogen-bond acceptors (Lipinski definition) is 2. The minimum absolute atomic E-state index is 0.501. The lowest BCUT2D eigenvalue weighted by Crippen LogP contribution is -2.43. The van der Waals surface area contributed by atoms with E-state index in [4.69, 9.17) is 8.54 Å². The van der Waals surface area contributed by atoms with Crippen LogP contribution in [0.5, 0.6) is 0 Å². The Hall–Kier alpha value is -0.0862. The number of rotatable bonds is 6. The first-order valence-electron chi connectivity index (χ1n) is 5.89. The Morgan fingerprint density at radius 1 is 1.12 bits per heavy atom. The van der Waals surface area contributed by atoms with Crippen LogP contribution in [0.2, 0.25) is 24.2 Å². The van der Waals surface area contributed by atoms with Crippen LogP contribution in [-0.4, -0.2) is 24.2 Å². The Morgan fingerprint density at radius 2 is 1.62 bits per heavy atom. The third kappa shape index (κ3) is 6.49. The standard InChI is InChI=1S/C12H25O2Si2/c1-8-9-10-13-16(6,7)14-15(11(2)3)12(4)5/h11-12H,10H2,1-7H3. The molecule has 0 saturated heterocycles. The van der Waals surface area contributed by atoms with E-state index in [1.165, 1.54) is 0 Å². The maximum atomic E-state index is 6.26. The third-order valence-corrected chi connectivity index (χ3v) is 8.20. The van der Waals surface area contributed by atoms with Crippen molar-refractivity contribution in [2.45, 2.75) is 58.8 Å². The van der Waals surface area contributed by atoms with Gasteiger partial charge in [-0.3, -0.25) is 0 Å². The van der Waals surface area contributed by atoms with Gasteiger partial charge in [0.1, 0.15) is 0 Å². The summed E-state index contributed by atoms with van der Waals surface area (Å²) < 4.78 is 12.0. The molecule has 0 amide bonds. The van der Waals surface area contributed by atoms with Crippen LogP contribution in [0.25, 0.3) is 0 Å². The van der Waals surface area contributed by atoms with Crippen LogP contribution in [0.3, 0.4) is 0 Å². The zero-order chi connectivity index (χ0) is 12.8. The summed E-state index contributed by atoms with van der Waals surface area (Å²) in [7, 11) is -2.77. The van der Waals surface area contributed by atoms with Crippen molar-refractivity contribution in [1.82, 2.24) is 0 Å². The van der Waals surface area contributed by atoms with E-state index in [0.717, 1.165) is 0 Å². The fourth-order valence-corrected chi connectivity index (χ4v) is 7.64. The van der Waals surface area contributed by atoms with Gasteiger partial charge in [-0.1, -0.05) is 33.6 Å². The quantitative estimate of drug-likeness (QED) is 0.535. The van der Waals surface area contributed by atoms with Gasteiger partial charge in [0.2, 0.25) is 9.04 Å². The molecule has 0 aliphatic carbocycles. The normalized spacial score (nSPS) is 12.1. The molecule has 16 heavy (non-hydrogen) atoms. The summed E-state index contributed by atoms with van der Waals surface area (Å²) in [6, 6.07) is 0. The SMILES string of the molecule is CC#CCO[Si](C)(C)O[Si](C(C)C)C(C)C. The molecule has 0 aromatic rings. The molecule has 1 radical (unpaired) electrons. The molecule has 0 aromatic heterocycles. The van der Waals surface area contributed by atoms with Crippen molar-refractivity contribution in [3.8, 4) is 11.8 Å². The average molecular weight is 258 g/mol. The molecule has 2 nitrogen and oxygen atoms in total. The summed E-state index contributed by atoms with van der Waals surface area (Å²) in [4.78, 5) is 0. The molecule has 0 unspecified atom stereocenters. The van der Waals surface area contributed by atoms with E-state index in [9.17, 15) is 0 Å². The maximum Gasteiger partial charge on any atom is 0.322 e. The summed E-state index contributed by atoms with van der Waals surface area (Å²) in [5.41, 5.74) is 1.25. The predicted molar refractivity (Wildman–Crippen MR) is 73.9 cm³/mol. The van der Waals surface area contributed by atoms with E-state index in [1.807, 2.05) is 6.92 Å². The Morgan fingerprint density at radius 3 is 2.00 bits per heavy atom. The molecular weight excluding hydrogens is 232 g/mol. The molecule has 0 bridgehead atoms. The molecule has 0 aliphatic heterocycles. The van der Waals surface area contributed by atoms with Gasteiger partial charge in [-0.2, -0.15) is 0 Å². The van der Waals surface area contributed by atoms with Crippen LogP contribution >= 0.6 is 0 Å². The van der Waals surface area contributed by atoms with Crippen molar-refractivity contribution in [3.05, 3.63) is 0 Å². The first kappa shape index (κ1) is 15.9. The molecule has 0 fully saturated rings. The first-order valence-corrected chi connectivity index (χ1v) is 10.3. The van der Waals surface area contributed by atoms with Crippen molar-refractivity contribution >= 4 is 17.6 Å². The summed E-state index contributed by atoms with van der Waals surface area (Å²) in [6.07, 6.45) is 0. The van der Waals surface area contributed by atoms with Crippen LogP contribution in [0.4, 0.5) is 0 Å². The lowest BCUT2D eigenvalue weighted by Gasteiger charge is -2.31. The van der Waals surface area contributed by atoms with Gasteiger partial charge in [0.05, 0.1) is 6.61 Å². The summed E-state index contributed by atoms with van der Waals surface area (Å²) in [6.45, 7) is 15.5. The highest BCUT2D eigenvalue weighted by atomic mass is 28.4. The largest absolute Gasteiger partial charge is 0.435 e. The van der Waals surface area contributed by atoms with Gasteiger partial charge >= 0.3 is 8.56 Å². The van der Waals surface area contributed by atoms with Gasteiger partial charge in [0.15, 0.2) is 0 Å². The van der Waals surface area contributed by atoms with Crippen molar-refractivity contribution < 1.29 is 8.54 Å². The Bertz CT molecular complexity index is 243. The molecule has 93 valence electrons. The zero-order valence-electron chi connectivity index (χ0n) is 11.7. The van der Waals surface area contributed by atoms with E-state index < -0.39 is 17.6 Å². The summed E-state index contributed by atoms with van der Waals surface area (Å²) >= 11 is 0. The maximum absolute atomic E-state index is 6.26. The fraction of sp³-hybridized carbons (Fsp3) is 0.833. The molecule has 4 heteroatoms. The minimum atomic E-state index is -1.99. The van der Waals surface area contributed by atoms with Gasteiger partial charge in [0.25, 0.3) is 0 Å². The van der Waals surface area contributed by atoms with E-state index >= 15 is 0 Å². The second-order valence-corrected chi connectivity index (χ2v) is 11.9. The molecule has 0 atom stereocenters. The van der Waals surface area contributed by atoms with Crippen molar-refractivity contribution in [3.63, 3.8) is 0 Å². The van der Waals surface area contributed by atoms with Crippen molar-refractivity contribution in [2.75, 3.05) is 6.61 Å². The van der Waals surface area contributed by atoms with Crippen molar-refractivity contribution in [1.29, 1.82) is 0 Å². The molecule has 0 heterocycles. The molecule has 0 saturated carbocycles. The second-order valence-electron chi connectivity index (χ2n) is 4.93. The van der Waals surface area contributed by atoms with Crippen LogP contribution in [0, 0.1) is 11.8 Å². The van der Waals surface area contributed by atoms with Crippen LogP contribution in [0.1, 0.15) is 34.6 Å². The average Bonchev–Trinajstić information content (AvgIpc) is 2.13. The van der Waals surface area contributed by atoms with E-state index in [0.29, 0.717) is 17.7 Å². The minimum Gasteiger partial charge on any atom is -0.435 e. The predicted octanol–water partition coefficient (Wildman–Crippen LogP) is 3.56. The highest BCUT2D eigenvalue weighted by molar-refractivity contribution is 6.74. The molecule has 0 spiro atoms. The summed E-state index contributed by atoms with van der Waals surface area (Å²) in [5, 5.41) is 0. The van der Waals surface area contributed by atoms with E-state index in [2.05, 4.69) is 52.6 Å². The molecule has 0 rings (SSSR count). The van der Waals surface area contributed by atoms with Crippen LogP contribution in [-0.2, 0) is 8.54 Å². The van der Waals surface area contributed by atoms with Crippen molar-refractivity contribution in [2.24, 2.45) is 0 Å². The van der Waals surface area contributed by atoms with Gasteiger partial charge in [-0.15, -0.1) is 5.92 Å². The van der Waals surface area contributed by atoms with Crippen LogP contribution < -0.4 is 0 Å². The lowest BCUT2D eigenvalue weighted by molar-refractivity contribution is 0.281. The van der Waals surface area contributed by atoms with Gasteiger partial charge in [0, 0.05) is 0 Å². The highest BCUT2D eigenvalue weighted by Gasteiger charge is 2.33. The van der Waals surface area contributed by atoms with E-state index in [1.54, 1.807) is 0 Å². The topological polar surface area (TPSA) is 18.5 Å².